The number of aromatic carboxylic acids is 1. The van der Waals surface area contributed by atoms with E-state index in [0.29, 0.717) is 6.04 Å². The van der Waals surface area contributed by atoms with Crippen molar-refractivity contribution < 1.29 is 9.90 Å². The Morgan fingerprint density at radius 2 is 2.11 bits per heavy atom. The van der Waals surface area contributed by atoms with Gasteiger partial charge in [0.1, 0.15) is 5.69 Å². The Labute approximate surface area is 113 Å². The van der Waals surface area contributed by atoms with Crippen molar-refractivity contribution >= 4 is 5.97 Å². The Kier molecular flexibility index (Phi) is 4.50. The summed E-state index contributed by atoms with van der Waals surface area (Å²) in [5.74, 6) is -0.965. The summed E-state index contributed by atoms with van der Waals surface area (Å²) in [6, 6.07) is 5.85. The Balaban J connectivity index is 1.92. The van der Waals surface area contributed by atoms with Crippen molar-refractivity contribution in [3.8, 4) is 0 Å². The van der Waals surface area contributed by atoms with Gasteiger partial charge in [0.15, 0.2) is 0 Å². The molecule has 0 atom stereocenters. The smallest absolute Gasteiger partial charge is 0.354 e. The summed E-state index contributed by atoms with van der Waals surface area (Å²) >= 11 is 0. The van der Waals surface area contributed by atoms with Crippen molar-refractivity contribution in [2.75, 3.05) is 27.2 Å². The van der Waals surface area contributed by atoms with Gasteiger partial charge in [0.25, 0.3) is 0 Å². The number of hydrogen-bond acceptors (Lipinski definition) is 4. The number of hydrogen-bond donors (Lipinski definition) is 1. The first-order valence-electron chi connectivity index (χ1n) is 6.64. The quantitative estimate of drug-likeness (QED) is 0.887. The second kappa shape index (κ2) is 6.12. The summed E-state index contributed by atoms with van der Waals surface area (Å²) in [5.41, 5.74) is 0.962. The van der Waals surface area contributed by atoms with Crippen LogP contribution in [0.25, 0.3) is 0 Å². The van der Waals surface area contributed by atoms with Gasteiger partial charge in [0.05, 0.1) is 5.69 Å². The summed E-state index contributed by atoms with van der Waals surface area (Å²) in [4.78, 5) is 19.7. The molecule has 0 radical (unpaired) electrons. The average molecular weight is 263 g/mol. The lowest BCUT2D eigenvalue weighted by molar-refractivity contribution is 0.0689. The molecule has 0 amide bonds. The highest BCUT2D eigenvalue weighted by Gasteiger charge is 2.20. The normalized spacial score (nSPS) is 17.8. The van der Waals surface area contributed by atoms with E-state index in [0.717, 1.165) is 38.2 Å². The zero-order valence-electron chi connectivity index (χ0n) is 11.5. The summed E-state index contributed by atoms with van der Waals surface area (Å²) in [6.45, 7) is 2.82. The van der Waals surface area contributed by atoms with Gasteiger partial charge in [-0.25, -0.2) is 9.78 Å². The first-order valence-corrected chi connectivity index (χ1v) is 6.64. The van der Waals surface area contributed by atoms with Gasteiger partial charge in [-0.05, 0) is 39.1 Å². The van der Waals surface area contributed by atoms with Crippen LogP contribution >= 0.6 is 0 Å². The van der Waals surface area contributed by atoms with Crippen molar-refractivity contribution in [2.24, 2.45) is 0 Å². The van der Waals surface area contributed by atoms with Gasteiger partial charge in [0.2, 0.25) is 0 Å². The molecule has 0 saturated carbocycles. The number of carboxylic acids is 1. The van der Waals surface area contributed by atoms with Gasteiger partial charge in [-0.2, -0.15) is 0 Å². The van der Waals surface area contributed by atoms with E-state index in [2.05, 4.69) is 28.9 Å². The number of carbonyl (C=O) groups is 1. The van der Waals surface area contributed by atoms with E-state index in [1.54, 1.807) is 6.07 Å². The first kappa shape index (κ1) is 14.0. The number of pyridine rings is 1. The van der Waals surface area contributed by atoms with Crippen LogP contribution in [0, 0.1) is 0 Å². The number of piperidine rings is 1. The summed E-state index contributed by atoms with van der Waals surface area (Å²) in [7, 11) is 4.25. The zero-order chi connectivity index (χ0) is 13.8. The molecule has 1 aliphatic heterocycles. The highest BCUT2D eigenvalue weighted by atomic mass is 16.4. The molecule has 5 nitrogen and oxygen atoms in total. The third-order valence-corrected chi connectivity index (χ3v) is 3.70. The molecule has 0 bridgehead atoms. The topological polar surface area (TPSA) is 56.7 Å². The number of aromatic nitrogens is 1. The van der Waals surface area contributed by atoms with Crippen LogP contribution in [0.5, 0.6) is 0 Å². The molecular formula is C14H21N3O2. The minimum Gasteiger partial charge on any atom is -0.477 e. The van der Waals surface area contributed by atoms with Crippen molar-refractivity contribution in [3.05, 3.63) is 29.6 Å². The Hall–Kier alpha value is -1.46. The second-order valence-electron chi connectivity index (χ2n) is 5.29. The number of rotatable bonds is 4. The van der Waals surface area contributed by atoms with Gasteiger partial charge in [0, 0.05) is 25.7 Å². The number of nitrogens with zero attached hydrogens (tertiary/aromatic N) is 3. The van der Waals surface area contributed by atoms with Crippen LogP contribution < -0.4 is 0 Å². The molecule has 1 aromatic heterocycles. The average Bonchev–Trinajstić information content (AvgIpc) is 2.39. The van der Waals surface area contributed by atoms with Crippen LogP contribution in [-0.2, 0) is 6.54 Å². The molecule has 19 heavy (non-hydrogen) atoms. The lowest BCUT2D eigenvalue weighted by Gasteiger charge is -2.34. The van der Waals surface area contributed by atoms with Gasteiger partial charge < -0.3 is 10.0 Å². The van der Waals surface area contributed by atoms with Gasteiger partial charge in [-0.3, -0.25) is 4.90 Å². The third-order valence-electron chi connectivity index (χ3n) is 3.70. The standard InChI is InChI=1S/C14H21N3O2/c1-16(2)12-6-8-17(9-7-12)10-11-4-3-5-13(15-11)14(18)19/h3-5,12H,6-10H2,1-2H3,(H,18,19). The number of likely N-dealkylation sites (tertiary alicyclic amines) is 1. The molecule has 104 valence electrons. The number of carboxylic acid groups (broad SMARTS) is 1. The lowest BCUT2D eigenvalue weighted by Crippen LogP contribution is -2.41. The van der Waals surface area contributed by atoms with E-state index >= 15 is 0 Å². The lowest BCUT2D eigenvalue weighted by atomic mass is 10.0. The van der Waals surface area contributed by atoms with Crippen LogP contribution in [-0.4, -0.2) is 59.1 Å². The fourth-order valence-corrected chi connectivity index (χ4v) is 2.51. The highest BCUT2D eigenvalue weighted by Crippen LogP contribution is 2.16. The maximum Gasteiger partial charge on any atom is 0.354 e. The first-order chi connectivity index (χ1) is 9.06. The van der Waals surface area contributed by atoms with E-state index in [-0.39, 0.29) is 5.69 Å². The molecule has 1 fully saturated rings. The third kappa shape index (κ3) is 3.75. The zero-order valence-corrected chi connectivity index (χ0v) is 11.5. The van der Waals surface area contributed by atoms with E-state index < -0.39 is 5.97 Å². The summed E-state index contributed by atoms with van der Waals surface area (Å²) in [6.07, 6.45) is 2.32. The van der Waals surface area contributed by atoms with Crippen molar-refractivity contribution in [1.82, 2.24) is 14.8 Å². The van der Waals surface area contributed by atoms with Crippen molar-refractivity contribution in [3.63, 3.8) is 0 Å². The molecule has 5 heteroatoms. The maximum absolute atomic E-state index is 10.9. The van der Waals surface area contributed by atoms with Crippen LogP contribution in [0.3, 0.4) is 0 Å². The van der Waals surface area contributed by atoms with Crippen LogP contribution in [0.1, 0.15) is 29.0 Å². The summed E-state index contributed by atoms with van der Waals surface area (Å²) < 4.78 is 0. The molecule has 0 aromatic carbocycles. The van der Waals surface area contributed by atoms with E-state index in [1.807, 2.05) is 6.07 Å². The molecule has 0 aliphatic carbocycles. The molecule has 1 aromatic rings. The molecule has 1 N–H and O–H groups in total. The maximum atomic E-state index is 10.9. The molecule has 0 spiro atoms. The summed E-state index contributed by atoms with van der Waals surface area (Å²) in [5, 5.41) is 8.93. The second-order valence-corrected chi connectivity index (χ2v) is 5.29. The molecule has 0 unspecified atom stereocenters. The van der Waals surface area contributed by atoms with E-state index in [4.69, 9.17) is 5.11 Å². The van der Waals surface area contributed by atoms with Crippen LogP contribution in [0.15, 0.2) is 18.2 Å². The van der Waals surface area contributed by atoms with Crippen molar-refractivity contribution in [1.29, 1.82) is 0 Å². The molecule has 2 rings (SSSR count). The Bertz CT molecular complexity index is 440. The minimum atomic E-state index is -0.965. The highest BCUT2D eigenvalue weighted by molar-refractivity contribution is 5.85. The molecule has 2 heterocycles. The van der Waals surface area contributed by atoms with Crippen LogP contribution in [0.2, 0.25) is 0 Å². The van der Waals surface area contributed by atoms with E-state index in [1.165, 1.54) is 6.07 Å². The Morgan fingerprint density at radius 1 is 1.42 bits per heavy atom. The van der Waals surface area contributed by atoms with Crippen LogP contribution in [0.4, 0.5) is 0 Å². The predicted molar refractivity (Wildman–Crippen MR) is 73.2 cm³/mol. The minimum absolute atomic E-state index is 0.126. The molecule has 1 aliphatic rings. The molecule has 1 saturated heterocycles. The van der Waals surface area contributed by atoms with Crippen molar-refractivity contribution in [2.45, 2.75) is 25.4 Å². The van der Waals surface area contributed by atoms with E-state index in [9.17, 15) is 4.79 Å². The fourth-order valence-electron chi connectivity index (χ4n) is 2.51. The monoisotopic (exact) mass is 263 g/mol. The van der Waals surface area contributed by atoms with Gasteiger partial charge in [-0.1, -0.05) is 6.07 Å². The SMILES string of the molecule is CN(C)C1CCN(Cc2cccc(C(=O)O)n2)CC1. The van der Waals surface area contributed by atoms with Gasteiger partial charge >= 0.3 is 5.97 Å². The fraction of sp³-hybridized carbons (Fsp3) is 0.571. The predicted octanol–water partition coefficient (Wildman–Crippen LogP) is 1.31. The molecular weight excluding hydrogens is 242 g/mol. The Morgan fingerprint density at radius 3 is 2.68 bits per heavy atom. The largest absolute Gasteiger partial charge is 0.477 e. The van der Waals surface area contributed by atoms with Gasteiger partial charge in [-0.15, -0.1) is 0 Å².